The third-order valence-corrected chi connectivity index (χ3v) is 4.27. The van der Waals surface area contributed by atoms with Crippen molar-refractivity contribution in [2.24, 2.45) is 0 Å². The molecule has 0 aliphatic heterocycles. The normalized spacial score (nSPS) is 17.2. The highest BCUT2D eigenvalue weighted by Crippen LogP contribution is 2.35. The first kappa shape index (κ1) is 13.5. The summed E-state index contributed by atoms with van der Waals surface area (Å²) in [6.07, 6.45) is 4.81. The summed E-state index contributed by atoms with van der Waals surface area (Å²) in [7, 11) is 0. The van der Waals surface area contributed by atoms with Crippen LogP contribution in [0.4, 0.5) is 5.69 Å². The van der Waals surface area contributed by atoms with Crippen LogP contribution in [0.3, 0.4) is 0 Å². The molecule has 0 radical (unpaired) electrons. The topological polar surface area (TPSA) is 55.2 Å². The van der Waals surface area contributed by atoms with Crippen molar-refractivity contribution in [3.05, 3.63) is 38.3 Å². The van der Waals surface area contributed by atoms with E-state index in [0.29, 0.717) is 6.54 Å². The Kier molecular flexibility index (Phi) is 4.02. The maximum Gasteiger partial charge on any atom is 0.270 e. The van der Waals surface area contributed by atoms with Gasteiger partial charge >= 0.3 is 0 Å². The number of nitrogens with zero attached hydrogens (tertiary/aromatic N) is 1. The summed E-state index contributed by atoms with van der Waals surface area (Å²) in [6, 6.07) is 5.10. The molecule has 98 valence electrons. The molecule has 4 nitrogen and oxygen atoms in total. The van der Waals surface area contributed by atoms with E-state index >= 15 is 0 Å². The number of nitro groups is 1. The summed E-state index contributed by atoms with van der Waals surface area (Å²) < 4.78 is 0.757. The number of non-ortho nitro benzene ring substituents is 1. The average molecular weight is 313 g/mol. The molecule has 1 aliphatic rings. The van der Waals surface area contributed by atoms with E-state index in [9.17, 15) is 10.1 Å². The van der Waals surface area contributed by atoms with Gasteiger partial charge in [-0.2, -0.15) is 0 Å². The highest BCUT2D eigenvalue weighted by molar-refractivity contribution is 9.10. The first-order valence-corrected chi connectivity index (χ1v) is 7.03. The van der Waals surface area contributed by atoms with Gasteiger partial charge in [-0.25, -0.2) is 0 Å². The quantitative estimate of drug-likeness (QED) is 0.665. The van der Waals surface area contributed by atoms with E-state index in [0.717, 1.165) is 16.5 Å². The number of rotatable bonds is 5. The predicted molar refractivity (Wildman–Crippen MR) is 74.5 cm³/mol. The van der Waals surface area contributed by atoms with Crippen LogP contribution < -0.4 is 5.32 Å². The van der Waals surface area contributed by atoms with Gasteiger partial charge in [-0.3, -0.25) is 10.1 Å². The van der Waals surface area contributed by atoms with Gasteiger partial charge in [0.25, 0.3) is 5.69 Å². The van der Waals surface area contributed by atoms with Crippen molar-refractivity contribution in [2.75, 3.05) is 0 Å². The first-order chi connectivity index (χ1) is 8.54. The van der Waals surface area contributed by atoms with Crippen LogP contribution in [0.15, 0.2) is 22.7 Å². The number of nitro benzene ring substituents is 1. The summed E-state index contributed by atoms with van der Waals surface area (Å²) in [4.78, 5) is 10.4. The van der Waals surface area contributed by atoms with Crippen LogP contribution in [0.25, 0.3) is 0 Å². The van der Waals surface area contributed by atoms with Gasteiger partial charge in [-0.05, 0) is 37.3 Å². The molecule has 0 saturated heterocycles. The second-order valence-electron chi connectivity index (χ2n) is 4.92. The molecule has 1 aromatic rings. The molecule has 2 rings (SSSR count). The number of nitrogens with one attached hydrogen (secondary N) is 1. The fraction of sp³-hybridized carbons (Fsp3) is 0.538. The third kappa shape index (κ3) is 2.90. The van der Waals surface area contributed by atoms with Gasteiger partial charge in [0.05, 0.1) is 4.92 Å². The number of hydrogen-bond donors (Lipinski definition) is 1. The summed E-state index contributed by atoms with van der Waals surface area (Å²) >= 11 is 3.32. The minimum Gasteiger partial charge on any atom is -0.307 e. The van der Waals surface area contributed by atoms with E-state index in [1.54, 1.807) is 6.07 Å². The van der Waals surface area contributed by atoms with E-state index in [-0.39, 0.29) is 16.1 Å². The molecule has 0 heterocycles. The molecular formula is C13H17BrN2O2. The van der Waals surface area contributed by atoms with E-state index in [2.05, 4.69) is 28.2 Å². The van der Waals surface area contributed by atoms with E-state index in [1.807, 2.05) is 6.07 Å². The molecule has 0 atom stereocenters. The van der Waals surface area contributed by atoms with Crippen LogP contribution in [0.1, 0.15) is 38.2 Å². The smallest absolute Gasteiger partial charge is 0.270 e. The van der Waals surface area contributed by atoms with Crippen molar-refractivity contribution in [1.82, 2.24) is 5.32 Å². The Balaban J connectivity index is 2.07. The van der Waals surface area contributed by atoms with Crippen molar-refractivity contribution in [2.45, 2.75) is 44.7 Å². The summed E-state index contributed by atoms with van der Waals surface area (Å²) in [5.74, 6) is 0. The van der Waals surface area contributed by atoms with Crippen LogP contribution in [-0.4, -0.2) is 10.5 Å². The molecule has 0 spiro atoms. The number of halogens is 1. The molecular weight excluding hydrogens is 296 g/mol. The van der Waals surface area contributed by atoms with Crippen LogP contribution in [0.5, 0.6) is 0 Å². The highest BCUT2D eigenvalue weighted by atomic mass is 79.9. The molecule has 1 N–H and O–H groups in total. The third-order valence-electron chi connectivity index (χ3n) is 3.81. The molecule has 1 saturated carbocycles. The fourth-order valence-electron chi connectivity index (χ4n) is 2.39. The van der Waals surface area contributed by atoms with Gasteiger partial charge in [0.2, 0.25) is 0 Å². The zero-order chi connectivity index (χ0) is 13.2. The summed E-state index contributed by atoms with van der Waals surface area (Å²) in [6.45, 7) is 2.88. The Bertz CT molecular complexity index is 453. The summed E-state index contributed by atoms with van der Waals surface area (Å²) in [5, 5.41) is 14.3. The van der Waals surface area contributed by atoms with Gasteiger partial charge in [0, 0.05) is 28.7 Å². The van der Waals surface area contributed by atoms with E-state index in [1.165, 1.54) is 25.3 Å². The molecule has 1 aromatic carbocycles. The molecule has 0 unspecified atom stereocenters. The lowest BCUT2D eigenvalue weighted by atomic mass is 9.75. The molecule has 0 amide bonds. The molecule has 1 aliphatic carbocycles. The zero-order valence-electron chi connectivity index (χ0n) is 10.4. The Morgan fingerprint density at radius 3 is 2.67 bits per heavy atom. The Hall–Kier alpha value is -0.940. The molecule has 5 heteroatoms. The lowest BCUT2D eigenvalue weighted by molar-refractivity contribution is -0.385. The van der Waals surface area contributed by atoms with Crippen LogP contribution >= 0.6 is 15.9 Å². The number of hydrogen-bond acceptors (Lipinski definition) is 3. The molecule has 0 bridgehead atoms. The highest BCUT2D eigenvalue weighted by Gasteiger charge is 2.34. The van der Waals surface area contributed by atoms with Gasteiger partial charge in [-0.15, -0.1) is 0 Å². The van der Waals surface area contributed by atoms with Crippen molar-refractivity contribution in [3.63, 3.8) is 0 Å². The maximum absolute atomic E-state index is 10.8. The van der Waals surface area contributed by atoms with Crippen molar-refractivity contribution in [1.29, 1.82) is 0 Å². The molecule has 18 heavy (non-hydrogen) atoms. The lowest BCUT2D eigenvalue weighted by Gasteiger charge is -2.42. The standard InChI is InChI=1S/C13H17BrN2O2/c1-2-13(4-3-5-13)15-9-10-6-11(14)8-12(7-10)16(17)18/h6-8,15H,2-5,9H2,1H3. The zero-order valence-corrected chi connectivity index (χ0v) is 12.0. The minimum atomic E-state index is -0.354. The Morgan fingerprint density at radius 2 is 2.17 bits per heavy atom. The molecule has 1 fully saturated rings. The summed E-state index contributed by atoms with van der Waals surface area (Å²) in [5.41, 5.74) is 1.35. The maximum atomic E-state index is 10.8. The van der Waals surface area contributed by atoms with Crippen molar-refractivity contribution in [3.8, 4) is 0 Å². The Labute approximate surface area is 115 Å². The second kappa shape index (κ2) is 5.36. The van der Waals surface area contributed by atoms with Crippen molar-refractivity contribution < 1.29 is 4.92 Å². The largest absolute Gasteiger partial charge is 0.307 e. The Morgan fingerprint density at radius 1 is 1.44 bits per heavy atom. The van der Waals surface area contributed by atoms with Gasteiger partial charge in [0.1, 0.15) is 0 Å². The molecule has 0 aromatic heterocycles. The van der Waals surface area contributed by atoms with Crippen molar-refractivity contribution >= 4 is 21.6 Å². The minimum absolute atomic E-state index is 0.139. The first-order valence-electron chi connectivity index (χ1n) is 6.23. The van der Waals surface area contributed by atoms with Crippen LogP contribution in [0.2, 0.25) is 0 Å². The SMILES string of the molecule is CCC1(NCc2cc(Br)cc([N+](=O)[O-])c2)CCC1. The van der Waals surface area contributed by atoms with Crippen LogP contribution in [0, 0.1) is 10.1 Å². The van der Waals surface area contributed by atoms with E-state index < -0.39 is 0 Å². The van der Waals surface area contributed by atoms with Gasteiger partial charge < -0.3 is 5.32 Å². The van der Waals surface area contributed by atoms with Crippen LogP contribution in [-0.2, 0) is 6.54 Å². The number of benzene rings is 1. The van der Waals surface area contributed by atoms with Gasteiger partial charge in [0.15, 0.2) is 0 Å². The average Bonchev–Trinajstić information content (AvgIpc) is 2.27. The second-order valence-corrected chi connectivity index (χ2v) is 5.83. The predicted octanol–water partition coefficient (Wildman–Crippen LogP) is 3.78. The monoisotopic (exact) mass is 312 g/mol. The van der Waals surface area contributed by atoms with Gasteiger partial charge in [-0.1, -0.05) is 22.9 Å². The fourth-order valence-corrected chi connectivity index (χ4v) is 2.92. The van der Waals surface area contributed by atoms with E-state index in [4.69, 9.17) is 0 Å². The lowest BCUT2D eigenvalue weighted by Crippen LogP contribution is -2.49.